The molecule has 0 spiro atoms. The molecule has 0 bridgehead atoms. The maximum absolute atomic E-state index is 11.0. The van der Waals surface area contributed by atoms with E-state index < -0.39 is 0 Å². The molecule has 0 fully saturated rings. The largest absolute Gasteiger partial charge is 0.277 e. The lowest BCUT2D eigenvalue weighted by atomic mass is 10.1. The smallest absolute Gasteiger partial charge is 0.239 e. The van der Waals surface area contributed by atoms with Crippen LogP contribution in [0.2, 0.25) is 5.02 Å². The van der Waals surface area contributed by atoms with Gasteiger partial charge < -0.3 is 0 Å². The molecule has 2 N–H and O–H groups in total. The molecule has 0 saturated heterocycles. The van der Waals surface area contributed by atoms with Crippen LogP contribution in [0.5, 0.6) is 0 Å². The minimum Gasteiger partial charge on any atom is -0.277 e. The second kappa shape index (κ2) is 5.07. The SMILES string of the molecule is O=C(Cc1ccc(Cl)cc1)NNCl. The van der Waals surface area contributed by atoms with Crippen LogP contribution in [-0.4, -0.2) is 5.91 Å². The van der Waals surface area contributed by atoms with Gasteiger partial charge in [-0.3, -0.25) is 10.2 Å². The van der Waals surface area contributed by atoms with E-state index in [4.69, 9.17) is 23.4 Å². The molecule has 0 heterocycles. The summed E-state index contributed by atoms with van der Waals surface area (Å²) < 4.78 is 0. The summed E-state index contributed by atoms with van der Waals surface area (Å²) in [6.07, 6.45) is 0.275. The fourth-order valence-electron chi connectivity index (χ4n) is 0.885. The first kappa shape index (κ1) is 10.3. The van der Waals surface area contributed by atoms with Crippen molar-refractivity contribution in [3.8, 4) is 0 Å². The molecule has 0 unspecified atom stereocenters. The van der Waals surface area contributed by atoms with Gasteiger partial charge in [-0.15, -0.1) is 4.94 Å². The highest BCUT2D eigenvalue weighted by Crippen LogP contribution is 2.09. The van der Waals surface area contributed by atoms with E-state index in [2.05, 4.69) is 5.43 Å². The van der Waals surface area contributed by atoms with E-state index in [9.17, 15) is 4.79 Å². The predicted octanol–water partition coefficient (Wildman–Crippen LogP) is 1.66. The maximum Gasteiger partial charge on any atom is 0.239 e. The maximum atomic E-state index is 11.0. The fourth-order valence-corrected chi connectivity index (χ4v) is 1.12. The highest BCUT2D eigenvalue weighted by molar-refractivity contribution is 6.30. The van der Waals surface area contributed by atoms with Gasteiger partial charge in [0.15, 0.2) is 0 Å². The Morgan fingerprint density at radius 2 is 1.92 bits per heavy atom. The van der Waals surface area contributed by atoms with Crippen LogP contribution in [0.25, 0.3) is 0 Å². The Morgan fingerprint density at radius 3 is 2.46 bits per heavy atom. The van der Waals surface area contributed by atoms with Gasteiger partial charge in [-0.05, 0) is 29.5 Å². The quantitative estimate of drug-likeness (QED) is 0.599. The van der Waals surface area contributed by atoms with Crippen molar-refractivity contribution in [2.75, 3.05) is 0 Å². The van der Waals surface area contributed by atoms with E-state index in [1.165, 1.54) is 0 Å². The third kappa shape index (κ3) is 3.63. The first-order chi connectivity index (χ1) is 6.22. The predicted molar refractivity (Wildman–Crippen MR) is 52.3 cm³/mol. The zero-order valence-electron chi connectivity index (χ0n) is 6.68. The van der Waals surface area contributed by atoms with E-state index in [1.54, 1.807) is 24.3 Å². The molecule has 0 aliphatic rings. The number of carbonyl (C=O) groups excluding carboxylic acids is 1. The van der Waals surface area contributed by atoms with E-state index in [-0.39, 0.29) is 12.3 Å². The van der Waals surface area contributed by atoms with Gasteiger partial charge in [0.2, 0.25) is 5.91 Å². The molecular weight excluding hydrogens is 211 g/mol. The summed E-state index contributed by atoms with van der Waals surface area (Å²) in [5.41, 5.74) is 3.14. The number of rotatable bonds is 3. The molecule has 1 amide bonds. The number of amides is 1. The topological polar surface area (TPSA) is 41.1 Å². The lowest BCUT2D eigenvalue weighted by Gasteiger charge is -2.01. The molecule has 0 radical (unpaired) electrons. The van der Waals surface area contributed by atoms with Crippen LogP contribution in [0, 0.1) is 0 Å². The Bertz CT molecular complexity index is 287. The van der Waals surface area contributed by atoms with Gasteiger partial charge in [-0.1, -0.05) is 23.7 Å². The third-order valence-electron chi connectivity index (χ3n) is 1.46. The van der Waals surface area contributed by atoms with E-state index >= 15 is 0 Å². The van der Waals surface area contributed by atoms with Crippen molar-refractivity contribution in [2.45, 2.75) is 6.42 Å². The average molecular weight is 219 g/mol. The lowest BCUT2D eigenvalue weighted by Crippen LogP contribution is -2.31. The zero-order chi connectivity index (χ0) is 9.68. The van der Waals surface area contributed by atoms with Crippen molar-refractivity contribution >= 4 is 29.3 Å². The molecule has 1 rings (SSSR count). The van der Waals surface area contributed by atoms with Crippen molar-refractivity contribution in [3.63, 3.8) is 0 Å². The molecule has 0 aromatic heterocycles. The number of carbonyl (C=O) groups is 1. The Morgan fingerprint density at radius 1 is 1.31 bits per heavy atom. The lowest BCUT2D eigenvalue weighted by molar-refractivity contribution is -0.120. The molecule has 0 aliphatic heterocycles. The molecule has 70 valence electrons. The number of hydrazine groups is 1. The van der Waals surface area contributed by atoms with Crippen molar-refractivity contribution < 1.29 is 4.79 Å². The van der Waals surface area contributed by atoms with Gasteiger partial charge in [0.25, 0.3) is 0 Å². The van der Waals surface area contributed by atoms with Crippen LogP contribution in [0.15, 0.2) is 24.3 Å². The molecule has 3 nitrogen and oxygen atoms in total. The minimum atomic E-state index is -0.197. The standard InChI is InChI=1S/C8H8Cl2N2O/c9-7-3-1-6(2-4-7)5-8(13)11-12-10/h1-4,12H,5H2,(H,11,13). The van der Waals surface area contributed by atoms with Gasteiger partial charge in [0.05, 0.1) is 6.42 Å². The highest BCUT2D eigenvalue weighted by atomic mass is 35.5. The number of hydrogen-bond acceptors (Lipinski definition) is 2. The van der Waals surface area contributed by atoms with Gasteiger partial charge in [-0.2, -0.15) is 0 Å². The Labute approximate surface area is 86.1 Å². The first-order valence-corrected chi connectivity index (χ1v) is 4.37. The van der Waals surface area contributed by atoms with Crippen LogP contribution in [-0.2, 0) is 11.2 Å². The molecule has 5 heteroatoms. The second-order valence-corrected chi connectivity index (χ2v) is 3.07. The monoisotopic (exact) mass is 218 g/mol. The van der Waals surface area contributed by atoms with Crippen LogP contribution >= 0.6 is 23.4 Å². The first-order valence-electron chi connectivity index (χ1n) is 3.61. The fraction of sp³-hybridized carbons (Fsp3) is 0.125. The minimum absolute atomic E-state index is 0.197. The molecule has 0 saturated carbocycles. The number of hydrogen-bond donors (Lipinski definition) is 2. The highest BCUT2D eigenvalue weighted by Gasteiger charge is 2.01. The Kier molecular flexibility index (Phi) is 4.02. The molecule has 0 atom stereocenters. The normalized spacial score (nSPS) is 9.69. The molecule has 13 heavy (non-hydrogen) atoms. The summed E-state index contributed by atoms with van der Waals surface area (Å²) in [4.78, 5) is 13.1. The molecular formula is C8H8Cl2N2O. The van der Waals surface area contributed by atoms with Crippen LogP contribution in [0.1, 0.15) is 5.56 Å². The summed E-state index contributed by atoms with van der Waals surface area (Å²) in [6, 6.07) is 7.04. The van der Waals surface area contributed by atoms with Crippen LogP contribution < -0.4 is 10.4 Å². The van der Waals surface area contributed by atoms with E-state index in [0.717, 1.165) is 5.56 Å². The molecule has 1 aromatic rings. The van der Waals surface area contributed by atoms with Crippen molar-refractivity contribution in [1.82, 2.24) is 10.4 Å². The summed E-state index contributed by atoms with van der Waals surface area (Å²) >= 11 is 10.8. The summed E-state index contributed by atoms with van der Waals surface area (Å²) in [7, 11) is 0. The Balaban J connectivity index is 2.54. The summed E-state index contributed by atoms with van der Waals surface area (Å²) in [6.45, 7) is 0. The van der Waals surface area contributed by atoms with Crippen molar-refractivity contribution in [2.24, 2.45) is 0 Å². The van der Waals surface area contributed by atoms with Crippen molar-refractivity contribution in [1.29, 1.82) is 0 Å². The number of nitrogens with one attached hydrogen (secondary N) is 2. The molecule has 0 aliphatic carbocycles. The zero-order valence-corrected chi connectivity index (χ0v) is 8.19. The van der Waals surface area contributed by atoms with Gasteiger partial charge in [0.1, 0.15) is 0 Å². The molecule has 1 aromatic carbocycles. The van der Waals surface area contributed by atoms with Gasteiger partial charge in [0, 0.05) is 5.02 Å². The average Bonchev–Trinajstić information content (AvgIpc) is 2.09. The van der Waals surface area contributed by atoms with Crippen molar-refractivity contribution in [3.05, 3.63) is 34.9 Å². The van der Waals surface area contributed by atoms with Gasteiger partial charge in [-0.25, -0.2) is 0 Å². The van der Waals surface area contributed by atoms with Crippen LogP contribution in [0.3, 0.4) is 0 Å². The van der Waals surface area contributed by atoms with E-state index in [1.807, 2.05) is 4.94 Å². The van der Waals surface area contributed by atoms with Gasteiger partial charge >= 0.3 is 0 Å². The Hall–Kier alpha value is -0.770. The number of halogens is 2. The van der Waals surface area contributed by atoms with Crippen LogP contribution in [0.4, 0.5) is 0 Å². The number of benzene rings is 1. The summed E-state index contributed by atoms with van der Waals surface area (Å²) in [5, 5.41) is 0.652. The van der Waals surface area contributed by atoms with E-state index in [0.29, 0.717) is 5.02 Å². The second-order valence-electron chi connectivity index (χ2n) is 2.45. The third-order valence-corrected chi connectivity index (χ3v) is 1.81. The summed E-state index contributed by atoms with van der Waals surface area (Å²) in [5.74, 6) is -0.197.